The highest BCUT2D eigenvalue weighted by atomic mass is 14.7. The Hall–Kier alpha value is -7.60. The lowest BCUT2D eigenvalue weighted by Gasteiger charge is -2.18. The van der Waals surface area contributed by atoms with Gasteiger partial charge in [0.25, 0.3) is 0 Å². The van der Waals surface area contributed by atoms with Crippen LogP contribution < -0.4 is 0 Å². The highest BCUT2D eigenvalue weighted by Crippen LogP contribution is 2.45. The summed E-state index contributed by atoms with van der Waals surface area (Å²) in [5.41, 5.74) is 10.6. The topological polar surface area (TPSA) is 36.7 Å². The number of nitrogens with zero attached hydrogens (tertiary/aromatic N) is 2. The van der Waals surface area contributed by atoms with Gasteiger partial charge in [-0.05, 0) is 118 Å². The van der Waals surface area contributed by atoms with Gasteiger partial charge in [0.2, 0.25) is 0 Å². The first kappa shape index (κ1) is 31.9. The fourth-order valence-electron chi connectivity index (χ4n) is 8.78. The summed E-state index contributed by atoms with van der Waals surface area (Å²) < 4.78 is 0. The summed E-state index contributed by atoms with van der Waals surface area (Å²) >= 11 is 0. The summed E-state index contributed by atoms with van der Waals surface area (Å²) in [4.78, 5) is 5.64. The molecule has 0 unspecified atom stereocenters. The molecule has 0 aliphatic heterocycles. The van der Waals surface area contributed by atoms with E-state index >= 15 is 0 Å². The van der Waals surface area contributed by atoms with Crippen molar-refractivity contribution in [1.29, 1.82) is 5.26 Å². The Morgan fingerprint density at radius 2 is 0.750 bits per heavy atom. The maximum atomic E-state index is 9.31. The molecule has 0 radical (unpaired) electrons. The van der Waals surface area contributed by atoms with Crippen molar-refractivity contribution >= 4 is 64.8 Å². The molecule has 0 N–H and O–H groups in total. The zero-order valence-electron chi connectivity index (χ0n) is 30.4. The molecule has 1 heterocycles. The maximum absolute atomic E-state index is 9.31. The third-order valence-electron chi connectivity index (χ3n) is 11.5. The van der Waals surface area contributed by atoms with Crippen molar-refractivity contribution in [2.75, 3.05) is 0 Å². The third kappa shape index (κ3) is 5.07. The number of nitriles is 1. The molecule has 0 saturated heterocycles. The highest BCUT2D eigenvalue weighted by Gasteiger charge is 2.20. The normalized spacial score (nSPS) is 11.6. The van der Waals surface area contributed by atoms with Crippen molar-refractivity contribution in [3.63, 3.8) is 0 Å². The van der Waals surface area contributed by atoms with Crippen molar-refractivity contribution in [2.24, 2.45) is 0 Å². The summed E-state index contributed by atoms with van der Waals surface area (Å²) in [5.74, 6) is 0. The molecule has 10 aromatic carbocycles. The third-order valence-corrected chi connectivity index (χ3v) is 11.5. The van der Waals surface area contributed by atoms with Crippen LogP contribution in [0.2, 0.25) is 0 Å². The summed E-state index contributed by atoms with van der Waals surface area (Å²) in [5, 5.41) is 22.5. The van der Waals surface area contributed by atoms with Crippen molar-refractivity contribution in [3.8, 4) is 50.7 Å². The van der Waals surface area contributed by atoms with E-state index in [1.54, 1.807) is 0 Å². The molecule has 1 aromatic heterocycles. The second-order valence-corrected chi connectivity index (χ2v) is 14.6. The Morgan fingerprint density at radius 3 is 1.34 bits per heavy atom. The van der Waals surface area contributed by atoms with Gasteiger partial charge >= 0.3 is 0 Å². The molecule has 11 aromatic rings. The Balaban J connectivity index is 1.23. The van der Waals surface area contributed by atoms with Crippen LogP contribution >= 0.6 is 0 Å². The molecular formula is C54H32N2. The summed E-state index contributed by atoms with van der Waals surface area (Å²) in [6.45, 7) is 0. The van der Waals surface area contributed by atoms with E-state index in [0.29, 0.717) is 5.56 Å². The quantitative estimate of drug-likeness (QED) is 0.171. The molecule has 0 fully saturated rings. The molecule has 0 saturated carbocycles. The number of aromatic nitrogens is 1. The molecule has 0 aliphatic rings. The molecule has 258 valence electrons. The van der Waals surface area contributed by atoms with Crippen LogP contribution in [0.1, 0.15) is 5.56 Å². The number of hydrogen-bond donors (Lipinski definition) is 0. The van der Waals surface area contributed by atoms with Gasteiger partial charge in [0.05, 0.1) is 22.8 Å². The molecule has 0 aliphatic carbocycles. The van der Waals surface area contributed by atoms with Gasteiger partial charge in [-0.1, -0.05) is 158 Å². The zero-order chi connectivity index (χ0) is 37.2. The number of fused-ring (bicyclic) bond motifs is 9. The molecular weight excluding hydrogens is 677 g/mol. The predicted octanol–water partition coefficient (Wildman–Crippen LogP) is 14.5. The van der Waals surface area contributed by atoms with E-state index in [2.05, 4.69) is 176 Å². The average Bonchev–Trinajstić information content (AvgIpc) is 3.28. The van der Waals surface area contributed by atoms with Gasteiger partial charge < -0.3 is 0 Å². The van der Waals surface area contributed by atoms with Gasteiger partial charge in [-0.3, -0.25) is 0 Å². The molecule has 0 atom stereocenters. The Bertz CT molecular complexity index is 3410. The zero-order valence-corrected chi connectivity index (χ0v) is 30.4. The van der Waals surface area contributed by atoms with Gasteiger partial charge in [0.1, 0.15) is 0 Å². The summed E-state index contributed by atoms with van der Waals surface area (Å²) in [7, 11) is 0. The van der Waals surface area contributed by atoms with Gasteiger partial charge in [0.15, 0.2) is 0 Å². The lowest BCUT2D eigenvalue weighted by molar-refractivity contribution is 1.42. The molecule has 11 rings (SSSR count). The van der Waals surface area contributed by atoms with E-state index in [1.165, 1.54) is 48.7 Å². The van der Waals surface area contributed by atoms with Gasteiger partial charge in [-0.25, -0.2) is 4.98 Å². The van der Waals surface area contributed by atoms with Crippen LogP contribution in [0.4, 0.5) is 0 Å². The number of rotatable bonds is 4. The Kier molecular flexibility index (Phi) is 7.27. The van der Waals surface area contributed by atoms with E-state index in [4.69, 9.17) is 4.98 Å². The minimum atomic E-state index is 0.661. The van der Waals surface area contributed by atoms with Crippen molar-refractivity contribution in [3.05, 3.63) is 200 Å². The summed E-state index contributed by atoms with van der Waals surface area (Å²) in [6, 6.07) is 71.8. The lowest BCUT2D eigenvalue weighted by Crippen LogP contribution is -1.95. The van der Waals surface area contributed by atoms with Gasteiger partial charge in [-0.2, -0.15) is 5.26 Å². The number of hydrogen-bond acceptors (Lipinski definition) is 2. The predicted molar refractivity (Wildman–Crippen MR) is 236 cm³/mol. The van der Waals surface area contributed by atoms with Crippen LogP contribution in [0.3, 0.4) is 0 Å². The fourth-order valence-corrected chi connectivity index (χ4v) is 8.78. The van der Waals surface area contributed by atoms with E-state index in [1.807, 2.05) is 24.3 Å². The standard InChI is InChI=1S/C54H32N2/c55-33-34-21-23-35(24-22-34)36-25-27-37(28-26-36)48-31-52-50(49-29-38-11-1-3-13-40(38)42-15-5-7-17-44(42)49)32-53(56-54(52)47-20-10-9-19-46(47)48)51-30-39-12-2-4-14-41(39)43-16-6-8-18-45(43)51/h1-32H. The Labute approximate surface area is 324 Å². The highest BCUT2D eigenvalue weighted by molar-refractivity contribution is 6.21. The number of benzene rings is 10. The minimum Gasteiger partial charge on any atom is -0.247 e. The monoisotopic (exact) mass is 708 g/mol. The molecule has 0 amide bonds. The van der Waals surface area contributed by atoms with Crippen LogP contribution in [-0.4, -0.2) is 4.98 Å². The first-order valence-electron chi connectivity index (χ1n) is 19.0. The minimum absolute atomic E-state index is 0.661. The van der Waals surface area contributed by atoms with Crippen LogP contribution in [0, 0.1) is 11.3 Å². The SMILES string of the molecule is N#Cc1ccc(-c2ccc(-c3cc4c(-c5cc6ccccc6c6ccccc56)cc(-c5cc6ccccc6c6ccccc56)nc4c4ccccc34)cc2)cc1. The largest absolute Gasteiger partial charge is 0.247 e. The first-order valence-corrected chi connectivity index (χ1v) is 19.0. The van der Waals surface area contributed by atoms with Crippen molar-refractivity contribution in [2.45, 2.75) is 0 Å². The van der Waals surface area contributed by atoms with E-state index in [-0.39, 0.29) is 0 Å². The van der Waals surface area contributed by atoms with Crippen LogP contribution in [-0.2, 0) is 0 Å². The average molecular weight is 709 g/mol. The molecule has 0 spiro atoms. The van der Waals surface area contributed by atoms with Crippen LogP contribution in [0.25, 0.3) is 109 Å². The molecule has 2 heteroatoms. The molecule has 2 nitrogen and oxygen atoms in total. The fraction of sp³-hybridized carbons (Fsp3) is 0. The van der Waals surface area contributed by atoms with Crippen molar-refractivity contribution in [1.82, 2.24) is 4.98 Å². The van der Waals surface area contributed by atoms with Crippen molar-refractivity contribution < 1.29 is 0 Å². The molecule has 0 bridgehead atoms. The Morgan fingerprint density at radius 1 is 0.321 bits per heavy atom. The summed E-state index contributed by atoms with van der Waals surface area (Å²) in [6.07, 6.45) is 0. The second-order valence-electron chi connectivity index (χ2n) is 14.6. The van der Waals surface area contributed by atoms with E-state index in [9.17, 15) is 5.26 Å². The van der Waals surface area contributed by atoms with E-state index in [0.717, 1.165) is 60.8 Å². The van der Waals surface area contributed by atoms with Crippen LogP contribution in [0.15, 0.2) is 194 Å². The number of pyridine rings is 1. The smallest absolute Gasteiger partial charge is 0.0991 e. The lowest BCUT2D eigenvalue weighted by atomic mass is 9.87. The van der Waals surface area contributed by atoms with Gasteiger partial charge in [0, 0.05) is 16.3 Å². The maximum Gasteiger partial charge on any atom is 0.0991 e. The molecule has 56 heavy (non-hydrogen) atoms. The second kappa shape index (κ2) is 12.8. The van der Waals surface area contributed by atoms with E-state index < -0.39 is 0 Å². The van der Waals surface area contributed by atoms with Crippen LogP contribution in [0.5, 0.6) is 0 Å². The first-order chi connectivity index (χ1) is 27.7. The van der Waals surface area contributed by atoms with Gasteiger partial charge in [-0.15, -0.1) is 0 Å².